The summed E-state index contributed by atoms with van der Waals surface area (Å²) in [5.74, 6) is -2.22. The Labute approximate surface area is 209 Å². The number of halogens is 2. The molecule has 0 bridgehead atoms. The number of rotatable bonds is 5. The number of hydrogen-bond acceptors (Lipinski definition) is 5. The van der Waals surface area contributed by atoms with Gasteiger partial charge in [0.25, 0.3) is 5.91 Å². The molecular weight excluding hydrogens is 480 g/mol. The van der Waals surface area contributed by atoms with Crippen molar-refractivity contribution >= 4 is 22.6 Å². The number of nitrogens with one attached hydrogen (secondary N) is 1. The summed E-state index contributed by atoms with van der Waals surface area (Å²) in [7, 11) is 1.39. The molecule has 0 aliphatic heterocycles. The molecule has 0 saturated heterocycles. The molecule has 8 heteroatoms. The van der Waals surface area contributed by atoms with Crippen LogP contribution in [0.5, 0.6) is 11.5 Å². The first-order chi connectivity index (χ1) is 17.8. The fourth-order valence-electron chi connectivity index (χ4n) is 3.94. The molecule has 1 heterocycles. The van der Waals surface area contributed by atoms with Crippen LogP contribution >= 0.6 is 0 Å². The van der Waals surface area contributed by atoms with Gasteiger partial charge in [0.2, 0.25) is 11.2 Å². The second-order valence-corrected chi connectivity index (χ2v) is 8.21. The minimum Gasteiger partial charge on any atom is -0.502 e. The maximum absolute atomic E-state index is 14.3. The number of benzene rings is 4. The molecule has 37 heavy (non-hydrogen) atoms. The van der Waals surface area contributed by atoms with E-state index in [1.54, 1.807) is 42.5 Å². The summed E-state index contributed by atoms with van der Waals surface area (Å²) in [6, 6.07) is 20.8. The van der Waals surface area contributed by atoms with Crippen molar-refractivity contribution in [2.24, 2.45) is 0 Å². The molecule has 2 N–H and O–H groups in total. The average Bonchev–Trinajstić information content (AvgIpc) is 2.90. The Morgan fingerprint density at radius 1 is 0.892 bits per heavy atom. The minimum atomic E-state index is -0.747. The highest BCUT2D eigenvalue weighted by molar-refractivity contribution is 6.04. The summed E-state index contributed by atoms with van der Waals surface area (Å²) in [6.45, 7) is 0. The van der Waals surface area contributed by atoms with E-state index in [4.69, 9.17) is 9.15 Å². The molecule has 4 aromatic carbocycles. The van der Waals surface area contributed by atoms with Crippen LogP contribution in [0.1, 0.15) is 10.4 Å². The Hall–Kier alpha value is -4.98. The SMILES string of the molecule is COc1ccc(C(=O)Nc2cccc(-c3oc4cc(-c5ccc(F)cc5)ccc4c(=O)c3O)c2)c(F)c1. The Bertz CT molecular complexity index is 1710. The Morgan fingerprint density at radius 3 is 2.38 bits per heavy atom. The van der Waals surface area contributed by atoms with Crippen molar-refractivity contribution in [2.75, 3.05) is 12.4 Å². The Balaban J connectivity index is 1.51. The topological polar surface area (TPSA) is 88.8 Å². The Morgan fingerprint density at radius 2 is 1.65 bits per heavy atom. The van der Waals surface area contributed by atoms with Gasteiger partial charge in [-0.3, -0.25) is 9.59 Å². The molecule has 5 aromatic rings. The molecule has 0 fully saturated rings. The van der Waals surface area contributed by atoms with Gasteiger partial charge < -0.3 is 19.6 Å². The standard InChI is InChI=1S/C29H19F2NO5/c1-36-21-10-12-22(24(31)15-21)29(35)32-20-4-2-3-18(13-20)28-27(34)26(33)23-11-7-17(14-25(23)37-28)16-5-8-19(30)9-6-16/h2-15,34H,1H3,(H,32,35). The summed E-state index contributed by atoms with van der Waals surface area (Å²) in [4.78, 5) is 25.5. The smallest absolute Gasteiger partial charge is 0.258 e. The van der Waals surface area contributed by atoms with Crippen molar-refractivity contribution in [1.82, 2.24) is 0 Å². The summed E-state index contributed by atoms with van der Waals surface area (Å²) in [6.07, 6.45) is 0. The van der Waals surface area contributed by atoms with E-state index in [1.807, 2.05) is 0 Å². The van der Waals surface area contributed by atoms with Crippen LogP contribution in [0.4, 0.5) is 14.5 Å². The number of carbonyl (C=O) groups excluding carboxylic acids is 1. The van der Waals surface area contributed by atoms with Crippen molar-refractivity contribution < 1.29 is 27.8 Å². The van der Waals surface area contributed by atoms with E-state index >= 15 is 0 Å². The number of methoxy groups -OCH3 is 1. The van der Waals surface area contributed by atoms with E-state index < -0.39 is 22.9 Å². The van der Waals surface area contributed by atoms with Crippen molar-refractivity contribution in [3.05, 3.63) is 112 Å². The number of hydrogen-bond donors (Lipinski definition) is 2. The first-order valence-electron chi connectivity index (χ1n) is 11.1. The Kier molecular flexibility index (Phi) is 6.15. The highest BCUT2D eigenvalue weighted by Gasteiger charge is 2.18. The van der Waals surface area contributed by atoms with Crippen LogP contribution in [-0.4, -0.2) is 18.1 Å². The first-order valence-corrected chi connectivity index (χ1v) is 11.1. The molecule has 1 amide bonds. The zero-order valence-corrected chi connectivity index (χ0v) is 19.4. The summed E-state index contributed by atoms with van der Waals surface area (Å²) in [5, 5.41) is 13.4. The van der Waals surface area contributed by atoms with Crippen molar-refractivity contribution in [3.63, 3.8) is 0 Å². The first kappa shape index (κ1) is 23.7. The zero-order chi connectivity index (χ0) is 26.1. The lowest BCUT2D eigenvalue weighted by atomic mass is 10.0. The third kappa shape index (κ3) is 4.64. The zero-order valence-electron chi connectivity index (χ0n) is 19.4. The highest BCUT2D eigenvalue weighted by atomic mass is 19.1. The predicted molar refractivity (Wildman–Crippen MR) is 136 cm³/mol. The molecule has 0 radical (unpaired) electrons. The number of anilines is 1. The maximum Gasteiger partial charge on any atom is 0.258 e. The van der Waals surface area contributed by atoms with Crippen LogP contribution in [0.25, 0.3) is 33.4 Å². The van der Waals surface area contributed by atoms with E-state index in [1.165, 1.54) is 43.5 Å². The monoisotopic (exact) mass is 499 g/mol. The molecule has 0 aliphatic carbocycles. The van der Waals surface area contributed by atoms with Gasteiger partial charge in [0.05, 0.1) is 18.1 Å². The molecule has 184 valence electrons. The second kappa shape index (κ2) is 9.58. The fourth-order valence-corrected chi connectivity index (χ4v) is 3.94. The van der Waals surface area contributed by atoms with E-state index in [2.05, 4.69) is 5.32 Å². The fraction of sp³-hybridized carbons (Fsp3) is 0.0345. The van der Waals surface area contributed by atoms with Crippen LogP contribution in [0, 0.1) is 11.6 Å². The van der Waals surface area contributed by atoms with Crippen LogP contribution in [0.2, 0.25) is 0 Å². The van der Waals surface area contributed by atoms with Gasteiger partial charge in [0.1, 0.15) is 23.0 Å². The molecule has 0 spiro atoms. The highest BCUT2D eigenvalue weighted by Crippen LogP contribution is 2.33. The van der Waals surface area contributed by atoms with Gasteiger partial charge in [-0.25, -0.2) is 8.78 Å². The van der Waals surface area contributed by atoms with Crippen LogP contribution in [0.3, 0.4) is 0 Å². The molecule has 0 atom stereocenters. The number of amides is 1. The predicted octanol–water partition coefficient (Wildman–Crippen LogP) is 6.37. The van der Waals surface area contributed by atoms with E-state index in [0.717, 1.165) is 11.6 Å². The van der Waals surface area contributed by atoms with Crippen LogP contribution in [-0.2, 0) is 0 Å². The number of ether oxygens (including phenoxy) is 1. The van der Waals surface area contributed by atoms with Gasteiger partial charge in [0, 0.05) is 17.3 Å². The minimum absolute atomic E-state index is 0.0968. The van der Waals surface area contributed by atoms with Crippen LogP contribution in [0.15, 0.2) is 94.1 Å². The van der Waals surface area contributed by atoms with Crippen molar-refractivity contribution in [2.45, 2.75) is 0 Å². The van der Waals surface area contributed by atoms with E-state index in [0.29, 0.717) is 16.8 Å². The normalized spacial score (nSPS) is 10.9. The molecule has 0 aliphatic rings. The molecule has 1 aromatic heterocycles. The largest absolute Gasteiger partial charge is 0.502 e. The molecule has 5 rings (SSSR count). The van der Waals surface area contributed by atoms with Crippen molar-refractivity contribution in [3.8, 4) is 33.9 Å². The van der Waals surface area contributed by atoms with Gasteiger partial charge in [-0.15, -0.1) is 0 Å². The third-order valence-corrected chi connectivity index (χ3v) is 5.85. The number of carbonyl (C=O) groups is 1. The molecule has 0 unspecified atom stereocenters. The summed E-state index contributed by atoms with van der Waals surface area (Å²) < 4.78 is 38.5. The van der Waals surface area contributed by atoms with Gasteiger partial charge >= 0.3 is 0 Å². The lowest BCUT2D eigenvalue weighted by molar-refractivity contribution is 0.102. The lowest BCUT2D eigenvalue weighted by Gasteiger charge is -2.10. The van der Waals surface area contributed by atoms with Gasteiger partial charge in [-0.2, -0.15) is 0 Å². The van der Waals surface area contributed by atoms with Gasteiger partial charge in [0.15, 0.2) is 5.76 Å². The van der Waals surface area contributed by atoms with E-state index in [-0.39, 0.29) is 33.9 Å². The maximum atomic E-state index is 14.3. The quantitative estimate of drug-likeness (QED) is 0.293. The summed E-state index contributed by atoms with van der Waals surface area (Å²) >= 11 is 0. The van der Waals surface area contributed by atoms with Crippen molar-refractivity contribution in [1.29, 1.82) is 0 Å². The third-order valence-electron chi connectivity index (χ3n) is 5.85. The van der Waals surface area contributed by atoms with Gasteiger partial charge in [-0.1, -0.05) is 30.3 Å². The molecule has 6 nitrogen and oxygen atoms in total. The lowest BCUT2D eigenvalue weighted by Crippen LogP contribution is -2.13. The number of fused-ring (bicyclic) bond motifs is 1. The molecular formula is C29H19F2NO5. The van der Waals surface area contributed by atoms with Crippen LogP contribution < -0.4 is 15.5 Å². The molecule has 0 saturated carbocycles. The second-order valence-electron chi connectivity index (χ2n) is 8.21. The average molecular weight is 499 g/mol. The van der Waals surface area contributed by atoms with E-state index in [9.17, 15) is 23.5 Å². The van der Waals surface area contributed by atoms with Gasteiger partial charge in [-0.05, 0) is 59.7 Å². The summed E-state index contributed by atoms with van der Waals surface area (Å²) in [5.41, 5.74) is 1.42. The number of aromatic hydroxyl groups is 1.